The molecule has 2 rings (SSSR count). The van der Waals surface area contributed by atoms with E-state index in [1.807, 2.05) is 30.3 Å². The summed E-state index contributed by atoms with van der Waals surface area (Å²) in [4.78, 5) is 10.8. The Kier molecular flexibility index (Phi) is 4.77. The van der Waals surface area contributed by atoms with Crippen molar-refractivity contribution in [3.63, 3.8) is 0 Å². The van der Waals surface area contributed by atoms with E-state index < -0.39 is 0 Å². The first-order valence-electron chi connectivity index (χ1n) is 5.89. The summed E-state index contributed by atoms with van der Waals surface area (Å²) in [7, 11) is 0. The smallest absolute Gasteiger partial charge is 0.251 e. The van der Waals surface area contributed by atoms with Crippen LogP contribution in [0.1, 0.15) is 11.1 Å². The van der Waals surface area contributed by atoms with Gasteiger partial charge in [0.25, 0.3) is 5.70 Å². The molecule has 0 spiro atoms. The van der Waals surface area contributed by atoms with Crippen LogP contribution in [0.5, 0.6) is 0 Å². The van der Waals surface area contributed by atoms with Gasteiger partial charge in [0.1, 0.15) is 0 Å². The number of halogens is 2. The third-order valence-corrected chi connectivity index (χ3v) is 3.12. The van der Waals surface area contributed by atoms with Crippen LogP contribution in [0.2, 0.25) is 10.0 Å². The summed E-state index contributed by atoms with van der Waals surface area (Å²) in [5, 5.41) is 12.0. The summed E-state index contributed by atoms with van der Waals surface area (Å²) in [5.74, 6) is 0. The minimum absolute atomic E-state index is 0.0922. The number of hydrogen-bond acceptors (Lipinski definition) is 2. The summed E-state index contributed by atoms with van der Waals surface area (Å²) in [6, 6.07) is 14.1. The van der Waals surface area contributed by atoms with Gasteiger partial charge in [0.05, 0.1) is 11.3 Å². The van der Waals surface area contributed by atoms with Gasteiger partial charge in [-0.25, -0.2) is 0 Å². The van der Waals surface area contributed by atoms with E-state index >= 15 is 0 Å². The fourth-order valence-corrected chi connectivity index (χ4v) is 2.37. The summed E-state index contributed by atoms with van der Waals surface area (Å²) in [6.07, 6.45) is 1.74. The zero-order valence-electron chi connectivity index (χ0n) is 10.4. The van der Waals surface area contributed by atoms with Crippen molar-refractivity contribution in [1.82, 2.24) is 0 Å². The van der Waals surface area contributed by atoms with E-state index in [-0.39, 0.29) is 17.0 Å². The van der Waals surface area contributed by atoms with E-state index in [4.69, 9.17) is 23.2 Å². The van der Waals surface area contributed by atoms with Crippen molar-refractivity contribution in [3.8, 4) is 0 Å². The highest BCUT2D eigenvalue weighted by Crippen LogP contribution is 2.22. The van der Waals surface area contributed by atoms with Crippen molar-refractivity contribution in [2.45, 2.75) is 6.42 Å². The molecule has 5 heteroatoms. The number of allylic oxidation sites excluding steroid dienone is 1. The van der Waals surface area contributed by atoms with Crippen LogP contribution in [-0.4, -0.2) is 4.92 Å². The number of rotatable bonds is 4. The Balaban J connectivity index is 2.33. The van der Waals surface area contributed by atoms with Crippen LogP contribution in [0.25, 0.3) is 6.08 Å². The normalized spacial score (nSPS) is 11.4. The molecule has 0 fully saturated rings. The molecule has 2 aromatic carbocycles. The lowest BCUT2D eigenvalue weighted by atomic mass is 10.1. The lowest BCUT2D eigenvalue weighted by molar-refractivity contribution is -0.425. The third kappa shape index (κ3) is 4.08. The van der Waals surface area contributed by atoms with E-state index in [0.29, 0.717) is 15.6 Å². The van der Waals surface area contributed by atoms with E-state index in [9.17, 15) is 10.1 Å². The Morgan fingerprint density at radius 2 is 1.70 bits per heavy atom. The summed E-state index contributed by atoms with van der Waals surface area (Å²) in [6.45, 7) is 0. The van der Waals surface area contributed by atoms with Gasteiger partial charge in [0.2, 0.25) is 0 Å². The molecule has 102 valence electrons. The molecule has 0 radical (unpaired) electrons. The van der Waals surface area contributed by atoms with Gasteiger partial charge in [-0.05, 0) is 29.3 Å². The second-order valence-corrected chi connectivity index (χ2v) is 5.13. The highest BCUT2D eigenvalue weighted by molar-refractivity contribution is 6.34. The second kappa shape index (κ2) is 6.55. The predicted molar refractivity (Wildman–Crippen MR) is 81.6 cm³/mol. The molecule has 0 aromatic heterocycles. The van der Waals surface area contributed by atoms with Gasteiger partial charge in [-0.3, -0.25) is 10.1 Å². The molecular weight excluding hydrogens is 297 g/mol. The van der Waals surface area contributed by atoms with Gasteiger partial charge >= 0.3 is 0 Å². The molecule has 0 amide bonds. The number of benzene rings is 2. The fraction of sp³-hybridized carbons (Fsp3) is 0.0667. The van der Waals surface area contributed by atoms with Crippen molar-refractivity contribution in [3.05, 3.63) is 85.5 Å². The molecule has 20 heavy (non-hydrogen) atoms. The standard InChI is InChI=1S/C15H11Cl2NO2/c16-13-6-12(7-14(17)10-13)9-15(18(19)20)8-11-4-2-1-3-5-11/h1-7,9-10H,8H2. The molecule has 0 N–H and O–H groups in total. The highest BCUT2D eigenvalue weighted by atomic mass is 35.5. The van der Waals surface area contributed by atoms with E-state index in [2.05, 4.69) is 0 Å². The average Bonchev–Trinajstić information content (AvgIpc) is 2.38. The van der Waals surface area contributed by atoms with Crippen molar-refractivity contribution in [2.24, 2.45) is 0 Å². The molecule has 0 aliphatic heterocycles. The van der Waals surface area contributed by atoms with Gasteiger partial charge in [-0.1, -0.05) is 53.5 Å². The predicted octanol–water partition coefficient (Wildman–Crippen LogP) is 4.85. The topological polar surface area (TPSA) is 43.1 Å². The number of hydrogen-bond donors (Lipinski definition) is 0. The summed E-state index contributed by atoms with van der Waals surface area (Å²) < 4.78 is 0. The first-order chi connectivity index (χ1) is 9.54. The van der Waals surface area contributed by atoms with Crippen LogP contribution in [0, 0.1) is 10.1 Å². The minimum atomic E-state index is -0.387. The maximum absolute atomic E-state index is 11.1. The second-order valence-electron chi connectivity index (χ2n) is 4.26. The molecule has 0 unspecified atom stereocenters. The van der Waals surface area contributed by atoms with Crippen LogP contribution in [0.3, 0.4) is 0 Å². The van der Waals surface area contributed by atoms with E-state index in [1.54, 1.807) is 18.2 Å². The zero-order valence-corrected chi connectivity index (χ0v) is 11.9. The monoisotopic (exact) mass is 307 g/mol. The fourth-order valence-electron chi connectivity index (χ4n) is 1.82. The van der Waals surface area contributed by atoms with Crippen LogP contribution < -0.4 is 0 Å². The highest BCUT2D eigenvalue weighted by Gasteiger charge is 2.12. The number of nitrogens with zero attached hydrogens (tertiary/aromatic N) is 1. The molecule has 0 aliphatic rings. The quantitative estimate of drug-likeness (QED) is 0.598. The van der Waals surface area contributed by atoms with Crippen LogP contribution in [-0.2, 0) is 6.42 Å². The van der Waals surface area contributed by atoms with Crippen LogP contribution >= 0.6 is 23.2 Å². The molecule has 0 atom stereocenters. The Labute approximate surface area is 126 Å². The van der Waals surface area contributed by atoms with Crippen molar-refractivity contribution in [1.29, 1.82) is 0 Å². The molecule has 0 bridgehead atoms. The lowest BCUT2D eigenvalue weighted by Crippen LogP contribution is -2.02. The first kappa shape index (κ1) is 14.6. The molecule has 0 saturated carbocycles. The zero-order chi connectivity index (χ0) is 14.5. The first-order valence-corrected chi connectivity index (χ1v) is 6.65. The van der Waals surface area contributed by atoms with Crippen molar-refractivity contribution >= 4 is 29.3 Å². The molecule has 2 aromatic rings. The summed E-state index contributed by atoms with van der Waals surface area (Å²) in [5.41, 5.74) is 1.59. The molecule has 3 nitrogen and oxygen atoms in total. The van der Waals surface area contributed by atoms with Gasteiger partial charge in [-0.15, -0.1) is 0 Å². The average molecular weight is 308 g/mol. The SMILES string of the molecule is O=[N+]([O-])C(=Cc1cc(Cl)cc(Cl)c1)Cc1ccccc1. The Bertz CT molecular complexity index is 634. The number of nitro groups is 1. The Morgan fingerprint density at radius 3 is 2.25 bits per heavy atom. The van der Waals surface area contributed by atoms with E-state index in [0.717, 1.165) is 5.56 Å². The molecule has 0 aliphatic carbocycles. The molecular formula is C15H11Cl2NO2. The lowest BCUT2D eigenvalue weighted by Gasteiger charge is -2.01. The Morgan fingerprint density at radius 1 is 1.10 bits per heavy atom. The van der Waals surface area contributed by atoms with Crippen LogP contribution in [0.4, 0.5) is 0 Å². The van der Waals surface area contributed by atoms with Crippen molar-refractivity contribution in [2.75, 3.05) is 0 Å². The van der Waals surface area contributed by atoms with Gasteiger partial charge < -0.3 is 0 Å². The van der Waals surface area contributed by atoms with Crippen LogP contribution in [0.15, 0.2) is 54.2 Å². The van der Waals surface area contributed by atoms with Gasteiger partial charge in [-0.2, -0.15) is 0 Å². The van der Waals surface area contributed by atoms with Gasteiger partial charge in [0, 0.05) is 16.1 Å². The molecule has 0 saturated heterocycles. The largest absolute Gasteiger partial charge is 0.259 e. The maximum atomic E-state index is 11.1. The minimum Gasteiger partial charge on any atom is -0.259 e. The van der Waals surface area contributed by atoms with Gasteiger partial charge in [0.15, 0.2) is 0 Å². The maximum Gasteiger partial charge on any atom is 0.251 e. The van der Waals surface area contributed by atoms with E-state index in [1.165, 1.54) is 6.08 Å². The Hall–Kier alpha value is -1.84. The summed E-state index contributed by atoms with van der Waals surface area (Å²) >= 11 is 11.8. The van der Waals surface area contributed by atoms with Crippen molar-refractivity contribution < 1.29 is 4.92 Å². The molecule has 0 heterocycles. The third-order valence-electron chi connectivity index (χ3n) is 2.68.